The summed E-state index contributed by atoms with van der Waals surface area (Å²) in [5.74, 6) is 7.20. The predicted octanol–water partition coefficient (Wildman–Crippen LogP) is 0.204. The van der Waals surface area contributed by atoms with Crippen LogP contribution in [-0.4, -0.2) is 43.8 Å². The first-order valence-electron chi connectivity index (χ1n) is 7.12. The smallest absolute Gasteiger partial charge is 0.287 e. The van der Waals surface area contributed by atoms with Gasteiger partial charge in [0.1, 0.15) is 10.7 Å². The summed E-state index contributed by atoms with van der Waals surface area (Å²) in [6, 6.07) is 1.63. The maximum atomic E-state index is 12.4. The maximum absolute atomic E-state index is 12.4. The van der Waals surface area contributed by atoms with Gasteiger partial charge >= 0.3 is 0 Å². The zero-order valence-corrected chi connectivity index (χ0v) is 12.3. The molecule has 0 aliphatic carbocycles. The highest BCUT2D eigenvalue weighted by molar-refractivity contribution is 7.90. The van der Waals surface area contributed by atoms with Crippen molar-refractivity contribution in [2.45, 2.75) is 17.7 Å². The Morgan fingerprint density at radius 3 is 2.71 bits per heavy atom. The van der Waals surface area contributed by atoms with E-state index >= 15 is 0 Å². The van der Waals surface area contributed by atoms with E-state index in [4.69, 9.17) is 5.84 Å². The Morgan fingerprint density at radius 1 is 1.29 bits per heavy atom. The summed E-state index contributed by atoms with van der Waals surface area (Å²) < 4.78 is 28.7. The normalized spacial score (nSPS) is 33.5. The monoisotopic (exact) mass is 307 g/mol. The molecule has 1 atom stereocenters. The van der Waals surface area contributed by atoms with Crippen LogP contribution in [0.3, 0.4) is 0 Å². The fourth-order valence-electron chi connectivity index (χ4n) is 3.61. The molecule has 5 rings (SSSR count). The zero-order valence-electron chi connectivity index (χ0n) is 11.5. The lowest BCUT2D eigenvalue weighted by Crippen LogP contribution is -2.56. The Hall–Kier alpha value is -1.51. The van der Waals surface area contributed by atoms with Crippen molar-refractivity contribution in [1.82, 2.24) is 9.88 Å². The molecule has 0 radical (unpaired) electrons. The highest BCUT2D eigenvalue weighted by Gasteiger charge is 2.42. The molecule has 2 N–H and O–H groups in total. The number of hydrazine groups is 1. The molecule has 0 amide bonds. The standard InChI is InChI=1S/C13H17N5O2S/c14-18-11-1-4-15-7-12(11)21(19,20)16-13(18)10-8-17-5-2-9(10)3-6-17/h1,4,7,9-10H,2-3,5-6,8,14H2. The molecule has 0 saturated carbocycles. The van der Waals surface area contributed by atoms with E-state index in [9.17, 15) is 8.42 Å². The van der Waals surface area contributed by atoms with Crippen LogP contribution >= 0.6 is 0 Å². The quantitative estimate of drug-likeness (QED) is 0.745. The molecule has 8 heteroatoms. The van der Waals surface area contributed by atoms with Gasteiger partial charge in [0, 0.05) is 24.9 Å². The summed E-state index contributed by atoms with van der Waals surface area (Å²) in [7, 11) is -3.71. The van der Waals surface area contributed by atoms with Crippen molar-refractivity contribution < 1.29 is 8.42 Å². The fraction of sp³-hybridized carbons (Fsp3) is 0.538. The van der Waals surface area contributed by atoms with E-state index in [1.54, 1.807) is 12.3 Å². The Labute approximate surface area is 123 Å². The maximum Gasteiger partial charge on any atom is 0.287 e. The highest BCUT2D eigenvalue weighted by atomic mass is 32.2. The van der Waals surface area contributed by atoms with E-state index in [2.05, 4.69) is 14.3 Å². The second-order valence-electron chi connectivity index (χ2n) is 5.88. The van der Waals surface area contributed by atoms with Crippen molar-refractivity contribution in [2.75, 3.05) is 24.6 Å². The van der Waals surface area contributed by atoms with E-state index in [0.29, 0.717) is 17.4 Å². The van der Waals surface area contributed by atoms with Crippen molar-refractivity contribution in [1.29, 1.82) is 0 Å². The first kappa shape index (κ1) is 13.2. The second kappa shape index (κ2) is 4.49. The summed E-state index contributed by atoms with van der Waals surface area (Å²) in [6.45, 7) is 3.02. The van der Waals surface area contributed by atoms with Crippen molar-refractivity contribution in [3.05, 3.63) is 18.5 Å². The van der Waals surface area contributed by atoms with Crippen LogP contribution in [0.2, 0.25) is 0 Å². The van der Waals surface area contributed by atoms with Gasteiger partial charge in [0.15, 0.2) is 0 Å². The molecule has 0 spiro atoms. The summed E-state index contributed by atoms with van der Waals surface area (Å²) in [6.07, 6.45) is 5.02. The summed E-state index contributed by atoms with van der Waals surface area (Å²) >= 11 is 0. The molecule has 3 saturated heterocycles. The van der Waals surface area contributed by atoms with Gasteiger partial charge in [-0.15, -0.1) is 4.40 Å². The second-order valence-corrected chi connectivity index (χ2v) is 7.46. The van der Waals surface area contributed by atoms with E-state index < -0.39 is 10.0 Å². The number of hydrogen-bond donors (Lipinski definition) is 1. The van der Waals surface area contributed by atoms with Gasteiger partial charge in [-0.2, -0.15) is 8.42 Å². The first-order valence-corrected chi connectivity index (χ1v) is 8.56. The van der Waals surface area contributed by atoms with Gasteiger partial charge in [0.2, 0.25) is 0 Å². The van der Waals surface area contributed by atoms with Gasteiger partial charge in [-0.3, -0.25) is 9.99 Å². The van der Waals surface area contributed by atoms with Gasteiger partial charge in [0.05, 0.1) is 5.69 Å². The number of aromatic nitrogens is 1. The average molecular weight is 307 g/mol. The minimum atomic E-state index is -3.71. The molecular formula is C13H17N5O2S. The third kappa shape index (κ3) is 1.97. The lowest BCUT2D eigenvalue weighted by Gasteiger charge is -2.46. The molecule has 5 heterocycles. The molecule has 4 aliphatic heterocycles. The van der Waals surface area contributed by atoms with Crippen LogP contribution in [0.5, 0.6) is 0 Å². The van der Waals surface area contributed by atoms with Crippen LogP contribution in [0.15, 0.2) is 27.8 Å². The number of amidine groups is 1. The van der Waals surface area contributed by atoms with Crippen LogP contribution in [0.25, 0.3) is 0 Å². The summed E-state index contributed by atoms with van der Waals surface area (Å²) in [5.41, 5.74) is 0.464. The van der Waals surface area contributed by atoms with Gasteiger partial charge in [-0.05, 0) is 37.9 Å². The summed E-state index contributed by atoms with van der Waals surface area (Å²) in [4.78, 5) is 6.30. The molecule has 3 fully saturated rings. The highest BCUT2D eigenvalue weighted by Crippen LogP contribution is 2.37. The Bertz CT molecular complexity index is 709. The molecule has 1 aromatic rings. The fourth-order valence-corrected chi connectivity index (χ4v) is 4.81. The molecule has 2 bridgehead atoms. The number of fused-ring (bicyclic) bond motifs is 4. The van der Waals surface area contributed by atoms with Crippen molar-refractivity contribution in [3.63, 3.8) is 0 Å². The zero-order chi connectivity index (χ0) is 14.6. The topological polar surface area (TPSA) is 91.9 Å². The molecule has 4 aliphatic rings. The number of piperidine rings is 3. The lowest BCUT2D eigenvalue weighted by molar-refractivity contribution is 0.0813. The van der Waals surface area contributed by atoms with Crippen molar-refractivity contribution >= 4 is 21.5 Å². The molecule has 0 aromatic carbocycles. The van der Waals surface area contributed by atoms with Gasteiger partial charge < -0.3 is 4.90 Å². The van der Waals surface area contributed by atoms with Crippen LogP contribution in [0.4, 0.5) is 5.69 Å². The van der Waals surface area contributed by atoms with E-state index in [-0.39, 0.29) is 10.8 Å². The molecule has 21 heavy (non-hydrogen) atoms. The van der Waals surface area contributed by atoms with Crippen LogP contribution in [0, 0.1) is 11.8 Å². The molecule has 7 nitrogen and oxygen atoms in total. The number of nitrogens with two attached hydrogens (primary N) is 1. The van der Waals surface area contributed by atoms with E-state index in [1.165, 1.54) is 11.2 Å². The van der Waals surface area contributed by atoms with Crippen LogP contribution in [0.1, 0.15) is 12.8 Å². The Morgan fingerprint density at radius 2 is 2.05 bits per heavy atom. The molecule has 1 unspecified atom stereocenters. The lowest BCUT2D eigenvalue weighted by atomic mass is 9.78. The van der Waals surface area contributed by atoms with Crippen LogP contribution < -0.4 is 10.9 Å². The van der Waals surface area contributed by atoms with Gasteiger partial charge in [-0.1, -0.05) is 0 Å². The number of hydrogen-bond acceptors (Lipinski definition) is 6. The minimum absolute atomic E-state index is 0.0810. The Kier molecular flexibility index (Phi) is 2.82. The van der Waals surface area contributed by atoms with Crippen LogP contribution in [-0.2, 0) is 10.0 Å². The van der Waals surface area contributed by atoms with Crippen molar-refractivity contribution in [3.8, 4) is 0 Å². The number of nitrogens with zero attached hydrogens (tertiary/aromatic N) is 4. The Balaban J connectivity index is 1.79. The SMILES string of the molecule is NN1C(C2CN3CCC2CC3)=NS(=O)(=O)c2cnccc21. The van der Waals surface area contributed by atoms with Crippen molar-refractivity contribution in [2.24, 2.45) is 22.1 Å². The third-order valence-electron chi connectivity index (χ3n) is 4.75. The third-order valence-corrected chi connectivity index (χ3v) is 6.05. The number of rotatable bonds is 1. The predicted molar refractivity (Wildman–Crippen MR) is 78.2 cm³/mol. The van der Waals surface area contributed by atoms with E-state index in [1.807, 2.05) is 0 Å². The average Bonchev–Trinajstić information content (AvgIpc) is 2.52. The summed E-state index contributed by atoms with van der Waals surface area (Å²) in [5, 5.41) is 1.44. The minimum Gasteiger partial charge on any atom is -0.303 e. The molecular weight excluding hydrogens is 290 g/mol. The van der Waals surface area contributed by atoms with E-state index in [0.717, 1.165) is 32.5 Å². The molecule has 112 valence electrons. The van der Waals surface area contributed by atoms with Gasteiger partial charge in [-0.25, -0.2) is 5.84 Å². The largest absolute Gasteiger partial charge is 0.303 e. The molecule has 1 aromatic heterocycles. The first-order chi connectivity index (χ1) is 10.1. The number of pyridine rings is 1. The number of anilines is 1. The van der Waals surface area contributed by atoms with Gasteiger partial charge in [0.25, 0.3) is 10.0 Å². The number of sulfonamides is 1.